The molecule has 0 aliphatic rings. The Morgan fingerprint density at radius 1 is 1.00 bits per heavy atom. The highest BCUT2D eigenvalue weighted by molar-refractivity contribution is 9.10. The number of benzene rings is 2. The lowest BCUT2D eigenvalue weighted by molar-refractivity contribution is 0.415. The molecule has 0 amide bonds. The Kier molecular flexibility index (Phi) is 2.37. The van der Waals surface area contributed by atoms with Crippen LogP contribution in [0, 0.1) is 0 Å². The summed E-state index contributed by atoms with van der Waals surface area (Å²) in [6.07, 6.45) is 0. The van der Waals surface area contributed by atoms with Crippen LogP contribution in [0.3, 0.4) is 0 Å². The zero-order chi connectivity index (χ0) is 12.0. The number of aryl methyl sites for hydroxylation is 1. The van der Waals surface area contributed by atoms with E-state index >= 15 is 0 Å². The van der Waals surface area contributed by atoms with Crippen LogP contribution in [0.2, 0.25) is 0 Å². The van der Waals surface area contributed by atoms with E-state index in [9.17, 15) is 0 Å². The zero-order valence-corrected chi connectivity index (χ0v) is 11.3. The highest BCUT2D eigenvalue weighted by Gasteiger charge is 2.08. The fourth-order valence-electron chi connectivity index (χ4n) is 2.28. The molecule has 17 heavy (non-hydrogen) atoms. The Morgan fingerprint density at radius 2 is 1.65 bits per heavy atom. The molecule has 2 nitrogen and oxygen atoms in total. The molecule has 0 spiro atoms. The van der Waals surface area contributed by atoms with Crippen molar-refractivity contribution in [3.05, 3.63) is 40.9 Å². The average molecular weight is 290 g/mol. The van der Waals surface area contributed by atoms with Gasteiger partial charge in [0, 0.05) is 33.9 Å². The molecule has 3 aromatic rings. The number of methoxy groups -OCH3 is 1. The Balaban J connectivity index is 2.48. The van der Waals surface area contributed by atoms with Gasteiger partial charge in [0.25, 0.3) is 0 Å². The second kappa shape index (κ2) is 3.77. The third kappa shape index (κ3) is 1.53. The topological polar surface area (TPSA) is 14.2 Å². The van der Waals surface area contributed by atoms with Crippen LogP contribution in [0.1, 0.15) is 0 Å². The van der Waals surface area contributed by atoms with E-state index < -0.39 is 0 Å². The van der Waals surface area contributed by atoms with E-state index in [1.165, 1.54) is 21.8 Å². The van der Waals surface area contributed by atoms with Crippen molar-refractivity contribution in [2.45, 2.75) is 0 Å². The van der Waals surface area contributed by atoms with Gasteiger partial charge in [-0.25, -0.2) is 0 Å². The van der Waals surface area contributed by atoms with E-state index in [2.05, 4.69) is 57.9 Å². The first kappa shape index (κ1) is 10.7. The van der Waals surface area contributed by atoms with Gasteiger partial charge < -0.3 is 9.30 Å². The molecule has 0 saturated heterocycles. The lowest BCUT2D eigenvalue weighted by Crippen LogP contribution is -1.87. The van der Waals surface area contributed by atoms with Crippen LogP contribution in [0.15, 0.2) is 40.9 Å². The van der Waals surface area contributed by atoms with Crippen molar-refractivity contribution in [3.63, 3.8) is 0 Å². The molecule has 2 aromatic carbocycles. The standard InChI is InChI=1S/C14H12BrNO/c1-16-13-7-9(15)3-5-11(13)12-6-4-10(17-2)8-14(12)16/h3-8H,1-2H3. The molecule has 0 N–H and O–H groups in total. The molecule has 0 saturated carbocycles. The number of hydrogen-bond acceptors (Lipinski definition) is 1. The Morgan fingerprint density at radius 3 is 2.35 bits per heavy atom. The van der Waals surface area contributed by atoms with Gasteiger partial charge in [0.15, 0.2) is 0 Å². The molecule has 0 atom stereocenters. The minimum Gasteiger partial charge on any atom is -0.497 e. The highest BCUT2D eigenvalue weighted by Crippen LogP contribution is 2.32. The van der Waals surface area contributed by atoms with E-state index in [0.717, 1.165) is 10.2 Å². The molecule has 0 aliphatic heterocycles. The molecule has 0 unspecified atom stereocenters. The second-order valence-corrected chi connectivity index (χ2v) is 5.02. The predicted octanol–water partition coefficient (Wildman–Crippen LogP) is 4.10. The fourth-order valence-corrected chi connectivity index (χ4v) is 2.63. The molecule has 1 heterocycles. The van der Waals surface area contributed by atoms with Gasteiger partial charge in [-0.1, -0.05) is 22.0 Å². The van der Waals surface area contributed by atoms with Crippen molar-refractivity contribution in [2.24, 2.45) is 7.05 Å². The number of hydrogen-bond donors (Lipinski definition) is 0. The van der Waals surface area contributed by atoms with Crippen molar-refractivity contribution in [1.29, 1.82) is 0 Å². The maximum Gasteiger partial charge on any atom is 0.120 e. The molecule has 3 heteroatoms. The highest BCUT2D eigenvalue weighted by atomic mass is 79.9. The third-order valence-electron chi connectivity index (χ3n) is 3.18. The van der Waals surface area contributed by atoms with Crippen LogP contribution in [0.4, 0.5) is 0 Å². The fraction of sp³-hybridized carbons (Fsp3) is 0.143. The first-order chi connectivity index (χ1) is 8.20. The Labute approximate surface area is 108 Å². The zero-order valence-electron chi connectivity index (χ0n) is 9.70. The summed E-state index contributed by atoms with van der Waals surface area (Å²) in [5.74, 6) is 0.891. The predicted molar refractivity (Wildman–Crippen MR) is 74.7 cm³/mol. The Hall–Kier alpha value is -1.48. The van der Waals surface area contributed by atoms with E-state index in [1.807, 2.05) is 6.07 Å². The molecule has 0 aliphatic carbocycles. The summed E-state index contributed by atoms with van der Waals surface area (Å²) in [6, 6.07) is 12.6. The summed E-state index contributed by atoms with van der Waals surface area (Å²) >= 11 is 3.51. The van der Waals surface area contributed by atoms with Crippen LogP contribution >= 0.6 is 15.9 Å². The molecule has 0 radical (unpaired) electrons. The van der Waals surface area contributed by atoms with Gasteiger partial charge in [-0.15, -0.1) is 0 Å². The largest absolute Gasteiger partial charge is 0.497 e. The summed E-state index contributed by atoms with van der Waals surface area (Å²) in [5.41, 5.74) is 2.42. The molecule has 3 rings (SSSR count). The normalized spacial score (nSPS) is 11.2. The number of fused-ring (bicyclic) bond motifs is 3. The average Bonchev–Trinajstić information content (AvgIpc) is 2.62. The number of halogens is 1. The third-order valence-corrected chi connectivity index (χ3v) is 3.67. The molecule has 1 aromatic heterocycles. The Bertz CT molecular complexity index is 715. The van der Waals surface area contributed by atoms with E-state index in [1.54, 1.807) is 7.11 Å². The quantitative estimate of drug-likeness (QED) is 0.658. The maximum atomic E-state index is 5.27. The van der Waals surface area contributed by atoms with Crippen LogP contribution in [0.25, 0.3) is 21.8 Å². The second-order valence-electron chi connectivity index (χ2n) is 4.10. The minimum atomic E-state index is 0.891. The summed E-state index contributed by atoms with van der Waals surface area (Å²) in [6.45, 7) is 0. The van der Waals surface area contributed by atoms with Crippen molar-refractivity contribution in [3.8, 4) is 5.75 Å². The first-order valence-corrected chi connectivity index (χ1v) is 6.21. The lowest BCUT2D eigenvalue weighted by Gasteiger charge is -2.01. The first-order valence-electron chi connectivity index (χ1n) is 5.42. The maximum absolute atomic E-state index is 5.27. The van der Waals surface area contributed by atoms with Crippen LogP contribution in [-0.4, -0.2) is 11.7 Å². The van der Waals surface area contributed by atoms with E-state index in [-0.39, 0.29) is 0 Å². The van der Waals surface area contributed by atoms with Crippen molar-refractivity contribution >= 4 is 37.7 Å². The van der Waals surface area contributed by atoms with Gasteiger partial charge >= 0.3 is 0 Å². The van der Waals surface area contributed by atoms with Crippen LogP contribution in [0.5, 0.6) is 5.75 Å². The molecule has 0 fully saturated rings. The van der Waals surface area contributed by atoms with Crippen molar-refractivity contribution in [1.82, 2.24) is 4.57 Å². The SMILES string of the molecule is COc1ccc2c3ccc(Br)cc3n(C)c2c1. The lowest BCUT2D eigenvalue weighted by atomic mass is 10.1. The van der Waals surface area contributed by atoms with Gasteiger partial charge in [0.1, 0.15) is 5.75 Å². The van der Waals surface area contributed by atoms with Crippen molar-refractivity contribution in [2.75, 3.05) is 7.11 Å². The summed E-state index contributed by atoms with van der Waals surface area (Å²) in [7, 11) is 3.77. The summed E-state index contributed by atoms with van der Waals surface area (Å²) < 4.78 is 8.57. The number of aromatic nitrogens is 1. The number of ether oxygens (including phenoxy) is 1. The monoisotopic (exact) mass is 289 g/mol. The van der Waals surface area contributed by atoms with E-state index in [0.29, 0.717) is 0 Å². The van der Waals surface area contributed by atoms with Gasteiger partial charge in [-0.2, -0.15) is 0 Å². The summed E-state index contributed by atoms with van der Waals surface area (Å²) in [5, 5.41) is 2.53. The molecular weight excluding hydrogens is 278 g/mol. The van der Waals surface area contributed by atoms with Crippen LogP contribution in [-0.2, 0) is 7.05 Å². The van der Waals surface area contributed by atoms with E-state index in [4.69, 9.17) is 4.74 Å². The smallest absolute Gasteiger partial charge is 0.120 e. The molecular formula is C14H12BrNO. The van der Waals surface area contributed by atoms with Crippen molar-refractivity contribution < 1.29 is 4.74 Å². The number of rotatable bonds is 1. The van der Waals surface area contributed by atoms with Gasteiger partial charge in [0.05, 0.1) is 12.6 Å². The number of nitrogens with zero attached hydrogens (tertiary/aromatic N) is 1. The summed E-state index contributed by atoms with van der Waals surface area (Å²) in [4.78, 5) is 0. The molecule has 0 bridgehead atoms. The van der Waals surface area contributed by atoms with Gasteiger partial charge in [0.2, 0.25) is 0 Å². The minimum absolute atomic E-state index is 0.891. The molecule has 86 valence electrons. The van der Waals surface area contributed by atoms with Crippen LogP contribution < -0.4 is 4.74 Å². The van der Waals surface area contributed by atoms with Gasteiger partial charge in [-0.3, -0.25) is 0 Å². The van der Waals surface area contributed by atoms with Gasteiger partial charge in [-0.05, 0) is 24.3 Å².